The molecule has 0 aliphatic heterocycles. The van der Waals surface area contributed by atoms with Crippen LogP contribution in [0.15, 0.2) is 60.0 Å². The largest absolute Gasteiger partial charge is 0.453 e. The molecule has 35 heavy (non-hydrogen) atoms. The molecule has 0 aliphatic carbocycles. The van der Waals surface area contributed by atoms with Crippen molar-refractivity contribution in [3.05, 3.63) is 71.2 Å². The van der Waals surface area contributed by atoms with Crippen molar-refractivity contribution in [2.24, 2.45) is 0 Å². The summed E-state index contributed by atoms with van der Waals surface area (Å²) in [6, 6.07) is 14.7. The van der Waals surface area contributed by atoms with Crippen LogP contribution in [0.25, 0.3) is 10.6 Å². The van der Waals surface area contributed by atoms with Gasteiger partial charge in [0, 0.05) is 10.9 Å². The van der Waals surface area contributed by atoms with E-state index in [9.17, 15) is 18.0 Å². The third-order valence-electron chi connectivity index (χ3n) is 5.06. The number of aromatic nitrogens is 1. The van der Waals surface area contributed by atoms with E-state index in [4.69, 9.17) is 9.54 Å². The number of hydrogen-bond donors (Lipinski definition) is 4. The number of anilines is 1. The average Bonchev–Trinajstić information content (AvgIpc) is 3.33. The molecule has 186 valence electrons. The average molecular weight is 519 g/mol. The molecule has 0 bridgehead atoms. The number of rotatable bonds is 10. The summed E-state index contributed by atoms with van der Waals surface area (Å²) >= 11 is 1.45. The Kier molecular flexibility index (Phi) is 8.79. The molecule has 0 saturated carbocycles. The molecule has 3 rings (SSSR count). The summed E-state index contributed by atoms with van der Waals surface area (Å²) in [4.78, 5) is 29.3. The number of benzene rings is 2. The topological polar surface area (TPSA) is 147 Å². The van der Waals surface area contributed by atoms with Crippen LogP contribution in [-0.2, 0) is 26.3 Å². The minimum Gasteiger partial charge on any atom is -0.453 e. The summed E-state index contributed by atoms with van der Waals surface area (Å²) in [6.07, 6.45) is 0.00559. The van der Waals surface area contributed by atoms with E-state index in [0.717, 1.165) is 16.1 Å². The van der Waals surface area contributed by atoms with Crippen LogP contribution in [0.4, 0.5) is 10.5 Å². The monoisotopic (exact) mass is 518 g/mol. The van der Waals surface area contributed by atoms with Crippen LogP contribution < -0.4 is 15.4 Å². The van der Waals surface area contributed by atoms with Crippen LogP contribution in [0.2, 0.25) is 0 Å². The van der Waals surface area contributed by atoms with Crippen molar-refractivity contribution >= 4 is 39.3 Å². The van der Waals surface area contributed by atoms with Crippen molar-refractivity contribution < 1.29 is 27.3 Å². The fourth-order valence-corrected chi connectivity index (χ4v) is 4.62. The molecular formula is C23H26N4O6S2. The molecule has 2 atom stereocenters. The summed E-state index contributed by atoms with van der Waals surface area (Å²) in [5.74, 6) is -0.387. The van der Waals surface area contributed by atoms with Gasteiger partial charge in [0.1, 0.15) is 11.0 Å². The Bertz CT molecular complexity index is 1250. The van der Waals surface area contributed by atoms with Crippen molar-refractivity contribution in [3.63, 3.8) is 0 Å². The van der Waals surface area contributed by atoms with Gasteiger partial charge in [0.05, 0.1) is 24.5 Å². The molecule has 2 amide bonds. The maximum absolute atomic E-state index is 13.0. The third-order valence-corrected chi connectivity index (χ3v) is 6.46. The number of amides is 2. The lowest BCUT2D eigenvalue weighted by atomic mass is 10.0. The number of carbonyl (C=O) groups is 2. The molecule has 1 aromatic heterocycles. The van der Waals surface area contributed by atoms with Crippen LogP contribution >= 0.6 is 11.3 Å². The smallest absolute Gasteiger partial charge is 0.407 e. The van der Waals surface area contributed by atoms with Crippen molar-refractivity contribution in [1.29, 1.82) is 0 Å². The molecule has 0 fully saturated rings. The number of hydrogen-bond acceptors (Lipinski definition) is 7. The number of thiazole rings is 1. The Morgan fingerprint density at radius 2 is 1.77 bits per heavy atom. The lowest BCUT2D eigenvalue weighted by Gasteiger charge is -2.22. The molecule has 4 N–H and O–H groups in total. The minimum absolute atomic E-state index is 0.199. The number of nitrogens with zero attached hydrogens (tertiary/aromatic N) is 1. The second-order valence-electron chi connectivity index (χ2n) is 7.58. The maximum Gasteiger partial charge on any atom is 0.407 e. The SMILES string of the molecule is CC[C@H](NC(=O)OC)C(=O)N[C@@H](Cc1ccc(NS(=O)(=O)O)cc1)c1csc(-c2ccccc2)n1. The highest BCUT2D eigenvalue weighted by atomic mass is 32.2. The molecule has 0 radical (unpaired) electrons. The van der Waals surface area contributed by atoms with Gasteiger partial charge in [0.2, 0.25) is 5.91 Å². The summed E-state index contributed by atoms with van der Waals surface area (Å²) in [5.41, 5.74) is 2.59. The third kappa shape index (κ3) is 7.77. The van der Waals surface area contributed by atoms with E-state index in [-0.39, 0.29) is 11.6 Å². The van der Waals surface area contributed by atoms with Gasteiger partial charge in [0.25, 0.3) is 0 Å². The van der Waals surface area contributed by atoms with Gasteiger partial charge in [-0.3, -0.25) is 14.1 Å². The van der Waals surface area contributed by atoms with Crippen LogP contribution in [0, 0.1) is 0 Å². The fraction of sp³-hybridized carbons (Fsp3) is 0.261. The van der Waals surface area contributed by atoms with E-state index in [1.54, 1.807) is 19.1 Å². The number of ether oxygens (including phenoxy) is 1. The molecule has 3 aromatic rings. The van der Waals surface area contributed by atoms with E-state index >= 15 is 0 Å². The first-order chi connectivity index (χ1) is 16.7. The van der Waals surface area contributed by atoms with Gasteiger partial charge >= 0.3 is 16.4 Å². The molecule has 2 aromatic carbocycles. The first-order valence-electron chi connectivity index (χ1n) is 10.7. The predicted octanol–water partition coefficient (Wildman–Crippen LogP) is 3.56. The number of alkyl carbamates (subject to hydrolysis) is 1. The van der Waals surface area contributed by atoms with E-state index in [0.29, 0.717) is 18.5 Å². The van der Waals surface area contributed by atoms with Crippen LogP contribution in [0.1, 0.15) is 30.6 Å². The van der Waals surface area contributed by atoms with E-state index < -0.39 is 28.5 Å². The molecular weight excluding hydrogens is 492 g/mol. The van der Waals surface area contributed by atoms with Crippen LogP contribution in [0.5, 0.6) is 0 Å². The molecule has 0 saturated heterocycles. The molecule has 0 unspecified atom stereocenters. The summed E-state index contributed by atoms with van der Waals surface area (Å²) in [5, 5.41) is 8.15. The Labute approximate surface area is 207 Å². The Morgan fingerprint density at radius 3 is 2.37 bits per heavy atom. The van der Waals surface area contributed by atoms with Crippen molar-refractivity contribution in [2.75, 3.05) is 11.8 Å². The van der Waals surface area contributed by atoms with Gasteiger partial charge in [-0.05, 0) is 30.5 Å². The fourth-order valence-electron chi connectivity index (χ4n) is 3.31. The van der Waals surface area contributed by atoms with Crippen LogP contribution in [-0.4, -0.2) is 43.1 Å². The number of carbonyl (C=O) groups excluding carboxylic acids is 2. The van der Waals surface area contributed by atoms with Gasteiger partial charge in [-0.25, -0.2) is 9.78 Å². The second-order valence-corrected chi connectivity index (χ2v) is 9.59. The van der Waals surface area contributed by atoms with Gasteiger partial charge in [-0.15, -0.1) is 11.3 Å². The predicted molar refractivity (Wildman–Crippen MR) is 133 cm³/mol. The first-order valence-corrected chi connectivity index (χ1v) is 13.0. The summed E-state index contributed by atoms with van der Waals surface area (Å²) in [7, 11) is -3.15. The zero-order valence-corrected chi connectivity index (χ0v) is 20.7. The minimum atomic E-state index is -4.38. The van der Waals surface area contributed by atoms with Gasteiger partial charge in [0.15, 0.2) is 0 Å². The van der Waals surface area contributed by atoms with Crippen LogP contribution in [0.3, 0.4) is 0 Å². The van der Waals surface area contributed by atoms with Crippen molar-refractivity contribution in [1.82, 2.24) is 15.6 Å². The van der Waals surface area contributed by atoms with Gasteiger partial charge in [-0.2, -0.15) is 8.42 Å². The Balaban J connectivity index is 1.85. The zero-order valence-electron chi connectivity index (χ0n) is 19.1. The van der Waals surface area contributed by atoms with E-state index in [2.05, 4.69) is 15.4 Å². The maximum atomic E-state index is 13.0. The van der Waals surface area contributed by atoms with E-state index in [1.807, 2.05) is 40.4 Å². The van der Waals surface area contributed by atoms with Crippen molar-refractivity contribution in [3.8, 4) is 10.6 Å². The molecule has 0 spiro atoms. The number of nitrogens with one attached hydrogen (secondary N) is 3. The van der Waals surface area contributed by atoms with Crippen molar-refractivity contribution in [2.45, 2.75) is 31.8 Å². The normalized spacial score (nSPS) is 12.9. The second kappa shape index (κ2) is 11.8. The standard InChI is InChI=1S/C23H26N4O6S2/c1-3-18(26-23(29)33-2)21(28)24-19(13-15-9-11-17(12-10-15)27-35(30,31)32)20-14-34-22(25-20)16-7-5-4-6-8-16/h4-12,14,18-19,27H,3,13H2,1-2H3,(H,24,28)(H,26,29)(H,30,31,32)/t18-,19-/m0/s1. The molecule has 1 heterocycles. The first kappa shape index (κ1) is 26.1. The molecule has 12 heteroatoms. The number of methoxy groups -OCH3 is 1. The Morgan fingerprint density at radius 1 is 1.09 bits per heavy atom. The summed E-state index contributed by atoms with van der Waals surface area (Å²) < 4.78 is 37.6. The highest BCUT2D eigenvalue weighted by Crippen LogP contribution is 2.28. The van der Waals surface area contributed by atoms with Gasteiger partial charge < -0.3 is 15.4 Å². The molecule has 0 aliphatic rings. The van der Waals surface area contributed by atoms with E-state index in [1.165, 1.54) is 30.6 Å². The highest BCUT2D eigenvalue weighted by molar-refractivity contribution is 7.87. The lowest BCUT2D eigenvalue weighted by molar-refractivity contribution is -0.123. The van der Waals surface area contributed by atoms with Gasteiger partial charge in [-0.1, -0.05) is 49.4 Å². The highest BCUT2D eigenvalue weighted by Gasteiger charge is 2.25. The Hall–Kier alpha value is -3.48. The zero-order chi connectivity index (χ0) is 25.4. The summed E-state index contributed by atoms with van der Waals surface area (Å²) in [6.45, 7) is 1.77. The quantitative estimate of drug-likeness (QED) is 0.300. The molecule has 10 nitrogen and oxygen atoms in total. The lowest BCUT2D eigenvalue weighted by Crippen LogP contribution is -2.47.